The molecule has 2 saturated heterocycles. The van der Waals surface area contributed by atoms with Gasteiger partial charge in [-0.25, -0.2) is 0 Å². The number of carbonyl (C=O) groups is 1. The molecule has 2 fully saturated rings. The highest BCUT2D eigenvalue weighted by Gasteiger charge is 2.38. The number of carbonyl (C=O) groups excluding carboxylic acids is 1. The first-order valence-electron chi connectivity index (χ1n) is 7.75. The van der Waals surface area contributed by atoms with Gasteiger partial charge in [0.05, 0.1) is 12.2 Å². The smallest absolute Gasteiger partial charge is 0.260 e. The maximum absolute atomic E-state index is 12.3. The SMILES string of the molecule is Cc1ccccc1OCC(=O)N1CC[C@H]2O[C@@H](C)C[C@H]2C1. The maximum Gasteiger partial charge on any atom is 0.260 e. The normalized spacial score (nSPS) is 28.3. The summed E-state index contributed by atoms with van der Waals surface area (Å²) in [6.45, 7) is 5.82. The van der Waals surface area contributed by atoms with E-state index in [1.54, 1.807) is 0 Å². The van der Waals surface area contributed by atoms with E-state index >= 15 is 0 Å². The second-order valence-corrected chi connectivity index (χ2v) is 6.16. The number of piperidine rings is 1. The minimum Gasteiger partial charge on any atom is -0.484 e. The first-order chi connectivity index (χ1) is 10.1. The van der Waals surface area contributed by atoms with Gasteiger partial charge in [0.15, 0.2) is 6.61 Å². The van der Waals surface area contributed by atoms with E-state index in [0.29, 0.717) is 18.1 Å². The fourth-order valence-corrected chi connectivity index (χ4v) is 3.37. The highest BCUT2D eigenvalue weighted by Crippen LogP contribution is 2.32. The molecule has 2 heterocycles. The van der Waals surface area contributed by atoms with E-state index in [1.165, 1.54) is 0 Å². The van der Waals surface area contributed by atoms with E-state index in [-0.39, 0.29) is 12.5 Å². The van der Waals surface area contributed by atoms with Crippen LogP contribution in [0.25, 0.3) is 0 Å². The van der Waals surface area contributed by atoms with Crippen LogP contribution in [-0.2, 0) is 9.53 Å². The number of aryl methyl sites for hydroxylation is 1. The molecule has 0 radical (unpaired) electrons. The van der Waals surface area contributed by atoms with Gasteiger partial charge in [-0.15, -0.1) is 0 Å². The van der Waals surface area contributed by atoms with Crippen LogP contribution in [0, 0.1) is 12.8 Å². The van der Waals surface area contributed by atoms with Gasteiger partial charge in [-0.2, -0.15) is 0 Å². The summed E-state index contributed by atoms with van der Waals surface area (Å²) in [5.41, 5.74) is 1.06. The zero-order chi connectivity index (χ0) is 14.8. The number of likely N-dealkylation sites (tertiary alicyclic amines) is 1. The van der Waals surface area contributed by atoms with E-state index in [0.717, 1.165) is 37.2 Å². The number of nitrogens with zero attached hydrogens (tertiary/aromatic N) is 1. The maximum atomic E-state index is 12.3. The summed E-state index contributed by atoms with van der Waals surface area (Å²) < 4.78 is 11.5. The van der Waals surface area contributed by atoms with Gasteiger partial charge in [0.25, 0.3) is 5.91 Å². The van der Waals surface area contributed by atoms with Gasteiger partial charge in [0, 0.05) is 19.0 Å². The van der Waals surface area contributed by atoms with Crippen molar-refractivity contribution in [1.82, 2.24) is 4.90 Å². The summed E-state index contributed by atoms with van der Waals surface area (Å²) in [5, 5.41) is 0. The number of hydrogen-bond acceptors (Lipinski definition) is 3. The van der Waals surface area contributed by atoms with Gasteiger partial charge in [0.2, 0.25) is 0 Å². The Hall–Kier alpha value is -1.55. The van der Waals surface area contributed by atoms with Gasteiger partial charge in [-0.05, 0) is 38.3 Å². The van der Waals surface area contributed by atoms with Gasteiger partial charge in [0.1, 0.15) is 5.75 Å². The molecule has 2 aliphatic heterocycles. The van der Waals surface area contributed by atoms with E-state index in [4.69, 9.17) is 9.47 Å². The summed E-state index contributed by atoms with van der Waals surface area (Å²) in [5.74, 6) is 1.37. The predicted molar refractivity (Wildman–Crippen MR) is 80.3 cm³/mol. The fourth-order valence-electron chi connectivity index (χ4n) is 3.37. The summed E-state index contributed by atoms with van der Waals surface area (Å²) in [7, 11) is 0. The van der Waals surface area contributed by atoms with Crippen LogP contribution in [0.2, 0.25) is 0 Å². The zero-order valence-corrected chi connectivity index (χ0v) is 12.7. The van der Waals surface area contributed by atoms with Crippen molar-refractivity contribution in [2.24, 2.45) is 5.92 Å². The van der Waals surface area contributed by atoms with Crippen LogP contribution in [0.5, 0.6) is 5.75 Å². The Morgan fingerprint density at radius 2 is 2.24 bits per heavy atom. The Bertz CT molecular complexity index is 517. The van der Waals surface area contributed by atoms with Crippen LogP contribution in [-0.4, -0.2) is 42.7 Å². The molecular weight excluding hydrogens is 266 g/mol. The van der Waals surface area contributed by atoms with E-state index in [1.807, 2.05) is 36.1 Å². The summed E-state index contributed by atoms with van der Waals surface area (Å²) >= 11 is 0. The molecule has 0 aromatic heterocycles. The third kappa shape index (κ3) is 3.21. The number of benzene rings is 1. The van der Waals surface area contributed by atoms with Gasteiger partial charge >= 0.3 is 0 Å². The lowest BCUT2D eigenvalue weighted by Gasteiger charge is -2.34. The third-order valence-electron chi connectivity index (χ3n) is 4.50. The molecule has 114 valence electrons. The Balaban J connectivity index is 1.53. The quantitative estimate of drug-likeness (QED) is 0.857. The van der Waals surface area contributed by atoms with Crippen LogP contribution >= 0.6 is 0 Å². The summed E-state index contributed by atoms with van der Waals surface area (Å²) in [6.07, 6.45) is 2.69. The van der Waals surface area contributed by atoms with Crippen molar-refractivity contribution in [3.8, 4) is 5.75 Å². The molecule has 0 unspecified atom stereocenters. The zero-order valence-electron chi connectivity index (χ0n) is 12.7. The topological polar surface area (TPSA) is 38.8 Å². The molecule has 0 saturated carbocycles. The molecule has 2 aliphatic rings. The summed E-state index contributed by atoms with van der Waals surface area (Å²) in [4.78, 5) is 14.2. The first kappa shape index (κ1) is 14.4. The van der Waals surface area contributed by atoms with Crippen molar-refractivity contribution in [2.45, 2.75) is 38.9 Å². The Morgan fingerprint density at radius 1 is 1.43 bits per heavy atom. The third-order valence-corrected chi connectivity index (χ3v) is 4.50. The average Bonchev–Trinajstić information content (AvgIpc) is 2.85. The molecular formula is C17H23NO3. The molecule has 3 atom stereocenters. The van der Waals surface area contributed by atoms with Crippen molar-refractivity contribution >= 4 is 5.91 Å². The first-order valence-corrected chi connectivity index (χ1v) is 7.75. The Labute approximate surface area is 126 Å². The van der Waals surface area contributed by atoms with Crippen molar-refractivity contribution in [3.05, 3.63) is 29.8 Å². The lowest BCUT2D eigenvalue weighted by molar-refractivity contribution is -0.136. The van der Waals surface area contributed by atoms with Gasteiger partial charge < -0.3 is 14.4 Å². The van der Waals surface area contributed by atoms with Crippen molar-refractivity contribution in [1.29, 1.82) is 0 Å². The number of amides is 1. The molecule has 0 bridgehead atoms. The van der Waals surface area contributed by atoms with Gasteiger partial charge in [-0.3, -0.25) is 4.79 Å². The molecule has 4 nitrogen and oxygen atoms in total. The molecule has 0 N–H and O–H groups in total. The highest BCUT2D eigenvalue weighted by atomic mass is 16.5. The van der Waals surface area contributed by atoms with Crippen LogP contribution in [0.4, 0.5) is 0 Å². The number of ether oxygens (including phenoxy) is 2. The monoisotopic (exact) mass is 289 g/mol. The van der Waals surface area contributed by atoms with Crippen molar-refractivity contribution in [2.75, 3.05) is 19.7 Å². The molecule has 3 rings (SSSR count). The lowest BCUT2D eigenvalue weighted by Crippen LogP contribution is -2.46. The fraction of sp³-hybridized carbons (Fsp3) is 0.588. The molecule has 1 aromatic rings. The van der Waals surface area contributed by atoms with Crippen LogP contribution in [0.3, 0.4) is 0 Å². The van der Waals surface area contributed by atoms with E-state index < -0.39 is 0 Å². The molecule has 1 aromatic carbocycles. The minimum absolute atomic E-state index is 0.0799. The number of hydrogen-bond donors (Lipinski definition) is 0. The Kier molecular flexibility index (Phi) is 4.15. The molecule has 0 spiro atoms. The van der Waals surface area contributed by atoms with Gasteiger partial charge in [-0.1, -0.05) is 18.2 Å². The van der Waals surface area contributed by atoms with Crippen molar-refractivity contribution in [3.63, 3.8) is 0 Å². The second kappa shape index (κ2) is 6.06. The van der Waals surface area contributed by atoms with Crippen LogP contribution in [0.15, 0.2) is 24.3 Å². The number of rotatable bonds is 3. The molecule has 1 amide bonds. The lowest BCUT2D eigenvalue weighted by atomic mass is 9.93. The Morgan fingerprint density at radius 3 is 3.05 bits per heavy atom. The summed E-state index contributed by atoms with van der Waals surface area (Å²) in [6, 6.07) is 7.79. The second-order valence-electron chi connectivity index (χ2n) is 6.16. The van der Waals surface area contributed by atoms with Crippen molar-refractivity contribution < 1.29 is 14.3 Å². The number of fused-ring (bicyclic) bond motifs is 1. The predicted octanol–water partition coefficient (Wildman–Crippen LogP) is 2.40. The minimum atomic E-state index is 0.0799. The molecule has 21 heavy (non-hydrogen) atoms. The standard InChI is InChI=1S/C17H23NO3/c1-12-5-3-4-6-15(12)20-11-17(19)18-8-7-16-14(10-18)9-13(2)21-16/h3-6,13-14,16H,7-11H2,1-2H3/t13-,14-,16+/m0/s1. The average molecular weight is 289 g/mol. The molecule has 4 heteroatoms. The highest BCUT2D eigenvalue weighted by molar-refractivity contribution is 5.78. The largest absolute Gasteiger partial charge is 0.484 e. The number of para-hydroxylation sites is 1. The van der Waals surface area contributed by atoms with Crippen LogP contribution < -0.4 is 4.74 Å². The van der Waals surface area contributed by atoms with E-state index in [9.17, 15) is 4.79 Å². The van der Waals surface area contributed by atoms with Crippen LogP contribution in [0.1, 0.15) is 25.3 Å². The molecule has 0 aliphatic carbocycles. The van der Waals surface area contributed by atoms with E-state index in [2.05, 4.69) is 6.92 Å².